The molecule has 1 N–H and O–H groups in total. The van der Waals surface area contributed by atoms with Crippen molar-refractivity contribution >= 4 is 70.1 Å². The number of alkyl carbamates (subject to hydrolysis) is 1. The second-order valence-electron chi connectivity index (χ2n) is 11.7. The van der Waals surface area contributed by atoms with Crippen molar-refractivity contribution in [1.82, 2.24) is 24.8 Å². The van der Waals surface area contributed by atoms with Crippen LogP contribution in [0.5, 0.6) is 0 Å². The second-order valence-corrected chi connectivity index (χ2v) is 13.6. The Bertz CT molecular complexity index is 1920. The minimum atomic E-state index is -1.08. The van der Waals surface area contributed by atoms with E-state index < -0.39 is 54.6 Å². The molecule has 4 unspecified atom stereocenters. The van der Waals surface area contributed by atoms with E-state index in [0.29, 0.717) is 5.75 Å². The van der Waals surface area contributed by atoms with Crippen LogP contribution in [0.3, 0.4) is 0 Å². The van der Waals surface area contributed by atoms with Crippen LogP contribution >= 0.6 is 35.0 Å². The summed E-state index contributed by atoms with van der Waals surface area (Å²) in [5.74, 6) is -1.43. The van der Waals surface area contributed by atoms with E-state index in [-0.39, 0.29) is 46.3 Å². The van der Waals surface area contributed by atoms with Crippen LogP contribution in [-0.4, -0.2) is 93.1 Å². The van der Waals surface area contributed by atoms with Crippen LogP contribution in [0.2, 0.25) is 10.4 Å². The zero-order valence-corrected chi connectivity index (χ0v) is 29.9. The summed E-state index contributed by atoms with van der Waals surface area (Å²) in [7, 11) is 1.23. The van der Waals surface area contributed by atoms with Gasteiger partial charge in [0.1, 0.15) is 24.3 Å². The number of thioether (sulfide) groups is 1. The van der Waals surface area contributed by atoms with Crippen molar-refractivity contribution in [2.45, 2.75) is 56.8 Å². The third kappa shape index (κ3) is 7.91. The maximum absolute atomic E-state index is 13.0. The van der Waals surface area contributed by atoms with Gasteiger partial charge < -0.3 is 29.0 Å². The van der Waals surface area contributed by atoms with Gasteiger partial charge in [0.25, 0.3) is 0 Å². The minimum Gasteiger partial charge on any atom is -0.467 e. The molecule has 5 atom stereocenters. The molecule has 0 spiro atoms. The van der Waals surface area contributed by atoms with Crippen LogP contribution in [0.4, 0.5) is 4.79 Å². The predicted octanol–water partition coefficient (Wildman–Crippen LogP) is 5.10. The van der Waals surface area contributed by atoms with Gasteiger partial charge in [0.05, 0.1) is 13.4 Å². The molecule has 6 rings (SSSR count). The van der Waals surface area contributed by atoms with E-state index >= 15 is 0 Å². The molecule has 2 aromatic carbocycles. The Labute approximate surface area is 306 Å². The van der Waals surface area contributed by atoms with E-state index in [1.165, 1.54) is 43.6 Å². The lowest BCUT2D eigenvalue weighted by Gasteiger charge is -2.24. The average molecular weight is 759 g/mol. The molecular formula is C34H33Cl2N5O9S. The Kier molecular flexibility index (Phi) is 11.3. The zero-order chi connectivity index (χ0) is 36.2. The van der Waals surface area contributed by atoms with E-state index in [0.717, 1.165) is 22.3 Å². The minimum absolute atomic E-state index is 0.0151. The first-order chi connectivity index (χ1) is 24.5. The molecule has 0 radical (unpaired) electrons. The number of nitrogens with zero attached hydrogens (tertiary/aromatic N) is 4. The summed E-state index contributed by atoms with van der Waals surface area (Å²) in [5, 5.41) is 2.51. The van der Waals surface area contributed by atoms with E-state index in [1.807, 2.05) is 48.5 Å². The quantitative estimate of drug-likeness (QED) is 0.0667. The number of aromatic nitrogens is 4. The number of methoxy groups -OCH3 is 1. The number of halogens is 2. The fourth-order valence-electron chi connectivity index (χ4n) is 6.33. The highest BCUT2D eigenvalue weighted by atomic mass is 35.5. The van der Waals surface area contributed by atoms with Gasteiger partial charge in [0.15, 0.2) is 29.2 Å². The van der Waals surface area contributed by atoms with Gasteiger partial charge in [-0.15, -0.1) is 0 Å². The summed E-state index contributed by atoms with van der Waals surface area (Å²) in [6, 6.07) is 15.0. The van der Waals surface area contributed by atoms with Crippen molar-refractivity contribution in [3.63, 3.8) is 0 Å². The first kappa shape index (κ1) is 36.4. The summed E-state index contributed by atoms with van der Waals surface area (Å²) < 4.78 is 29.6. The molecule has 3 heterocycles. The van der Waals surface area contributed by atoms with Gasteiger partial charge in [-0.1, -0.05) is 60.1 Å². The van der Waals surface area contributed by atoms with E-state index in [4.69, 9.17) is 46.9 Å². The molecule has 2 aromatic heterocycles. The molecule has 268 valence electrons. The van der Waals surface area contributed by atoms with E-state index in [2.05, 4.69) is 20.3 Å². The lowest BCUT2D eigenvalue weighted by Crippen LogP contribution is -2.42. The van der Waals surface area contributed by atoms with Gasteiger partial charge in [-0.25, -0.2) is 19.6 Å². The van der Waals surface area contributed by atoms with Crippen LogP contribution in [0.15, 0.2) is 54.9 Å². The third-order valence-electron chi connectivity index (χ3n) is 8.47. The fraction of sp³-hybridized carbons (Fsp3) is 0.382. The number of esters is 3. The number of imidazole rings is 1. The van der Waals surface area contributed by atoms with Crippen LogP contribution in [0.25, 0.3) is 22.3 Å². The SMILES string of the molecule is COC(=O)C(CCSCC1OC(n2cnc3c(Cl)nc(Cl)nc32)C(OC(C)=O)[C@@H]1OC(C)=O)NC(=O)OCC1c2ccccc2-c2ccccc21. The molecule has 4 aromatic rings. The Morgan fingerprint density at radius 2 is 1.61 bits per heavy atom. The molecule has 2 aliphatic rings. The Balaban J connectivity index is 1.09. The van der Waals surface area contributed by atoms with Crippen molar-refractivity contribution in [1.29, 1.82) is 0 Å². The van der Waals surface area contributed by atoms with Crippen LogP contribution in [0, 0.1) is 0 Å². The number of fused-ring (bicyclic) bond motifs is 4. The zero-order valence-electron chi connectivity index (χ0n) is 27.6. The second kappa shape index (κ2) is 15.8. The molecule has 1 saturated heterocycles. The number of rotatable bonds is 12. The fourth-order valence-corrected chi connectivity index (χ4v) is 7.83. The number of nitrogens with one attached hydrogen (secondary N) is 1. The van der Waals surface area contributed by atoms with Crippen molar-refractivity contribution < 1.29 is 42.9 Å². The largest absolute Gasteiger partial charge is 0.467 e. The number of amides is 1. The summed E-state index contributed by atoms with van der Waals surface area (Å²) in [5.41, 5.74) is 4.78. The highest BCUT2D eigenvalue weighted by Gasteiger charge is 2.50. The first-order valence-electron chi connectivity index (χ1n) is 15.9. The summed E-state index contributed by atoms with van der Waals surface area (Å²) in [4.78, 5) is 62.3. The summed E-state index contributed by atoms with van der Waals surface area (Å²) >= 11 is 13.6. The molecular weight excluding hydrogens is 725 g/mol. The molecule has 17 heteroatoms. The van der Waals surface area contributed by atoms with Crippen molar-refractivity contribution in [3.05, 3.63) is 76.4 Å². The summed E-state index contributed by atoms with van der Waals surface area (Å²) in [6.07, 6.45) is -3.07. The van der Waals surface area contributed by atoms with Crippen molar-refractivity contribution in [3.8, 4) is 11.1 Å². The van der Waals surface area contributed by atoms with E-state index in [9.17, 15) is 19.2 Å². The molecule has 0 bridgehead atoms. The van der Waals surface area contributed by atoms with Gasteiger partial charge in [-0.3, -0.25) is 14.2 Å². The monoisotopic (exact) mass is 757 g/mol. The number of carbonyl (C=O) groups is 4. The topological polar surface area (TPSA) is 170 Å². The number of ether oxygens (including phenoxy) is 5. The molecule has 1 fully saturated rings. The predicted molar refractivity (Wildman–Crippen MR) is 186 cm³/mol. The lowest BCUT2D eigenvalue weighted by atomic mass is 9.98. The lowest BCUT2D eigenvalue weighted by molar-refractivity contribution is -0.165. The maximum atomic E-state index is 13.0. The van der Waals surface area contributed by atoms with Gasteiger partial charge in [-0.2, -0.15) is 16.7 Å². The normalized spacial score (nSPS) is 19.9. The van der Waals surface area contributed by atoms with Gasteiger partial charge in [0.2, 0.25) is 5.28 Å². The molecule has 0 saturated carbocycles. The number of hydrogen-bond donors (Lipinski definition) is 1. The highest BCUT2D eigenvalue weighted by Crippen LogP contribution is 2.44. The van der Waals surface area contributed by atoms with Crippen molar-refractivity contribution in [2.75, 3.05) is 25.2 Å². The molecule has 1 aliphatic carbocycles. The number of hydrogen-bond acceptors (Lipinski definition) is 13. The molecule has 1 aliphatic heterocycles. The standard InChI is InChI=1S/C34H33Cl2N5O9S/c1-17(42)48-27-25(50-31(28(27)49-18(2)43)41-16-37-26-29(35)39-33(36)40-30(26)41)15-51-13-12-24(32(44)46-3)38-34(45)47-14-23-21-10-6-4-8-19(21)20-9-5-7-11-22(20)23/h4-11,16,23-25,27-28,31H,12-15H2,1-3H3,(H,38,45)/t24?,25?,27-,28?,31?/m1/s1. The Morgan fingerprint density at radius 3 is 2.25 bits per heavy atom. The molecule has 1 amide bonds. The highest BCUT2D eigenvalue weighted by molar-refractivity contribution is 7.99. The summed E-state index contributed by atoms with van der Waals surface area (Å²) in [6.45, 7) is 2.54. The van der Waals surface area contributed by atoms with Gasteiger partial charge in [0, 0.05) is 25.5 Å². The number of carbonyl (C=O) groups excluding carboxylic acids is 4. The van der Waals surface area contributed by atoms with E-state index in [1.54, 1.807) is 0 Å². The maximum Gasteiger partial charge on any atom is 0.407 e. The van der Waals surface area contributed by atoms with Crippen LogP contribution in [-0.2, 0) is 38.1 Å². The Hall–Kier alpha value is -4.44. The third-order valence-corrected chi connectivity index (χ3v) is 9.99. The Morgan fingerprint density at radius 1 is 0.961 bits per heavy atom. The molecule has 51 heavy (non-hydrogen) atoms. The smallest absolute Gasteiger partial charge is 0.407 e. The number of benzene rings is 2. The van der Waals surface area contributed by atoms with Crippen molar-refractivity contribution in [2.24, 2.45) is 0 Å². The van der Waals surface area contributed by atoms with Crippen LogP contribution in [0.1, 0.15) is 43.5 Å². The molecule has 14 nitrogen and oxygen atoms in total. The first-order valence-corrected chi connectivity index (χ1v) is 17.8. The van der Waals surface area contributed by atoms with Gasteiger partial charge >= 0.3 is 24.0 Å². The average Bonchev–Trinajstić information content (AvgIpc) is 3.76. The van der Waals surface area contributed by atoms with Crippen LogP contribution < -0.4 is 5.32 Å². The van der Waals surface area contributed by atoms with Gasteiger partial charge in [-0.05, 0) is 46.0 Å².